The van der Waals surface area contributed by atoms with Crippen LogP contribution in [-0.2, 0) is 4.79 Å². The minimum absolute atomic E-state index is 0.125. The van der Waals surface area contributed by atoms with Gasteiger partial charge in [-0.3, -0.25) is 14.9 Å². The van der Waals surface area contributed by atoms with Crippen LogP contribution in [0.2, 0.25) is 0 Å². The van der Waals surface area contributed by atoms with Crippen molar-refractivity contribution in [3.8, 4) is 0 Å². The number of nitrogens with zero attached hydrogens (tertiary/aromatic N) is 1. The molecule has 0 spiro atoms. The number of anilines is 1. The summed E-state index contributed by atoms with van der Waals surface area (Å²) in [7, 11) is 0. The van der Waals surface area contributed by atoms with Crippen LogP contribution in [0.3, 0.4) is 0 Å². The van der Waals surface area contributed by atoms with Gasteiger partial charge in [0.1, 0.15) is 5.69 Å². The molecule has 1 heterocycles. The smallest absolute Gasteiger partial charge is 0.292 e. The van der Waals surface area contributed by atoms with Crippen molar-refractivity contribution >= 4 is 34.7 Å². The molecule has 96 valence electrons. The number of carbonyl (C=O) groups excluding carboxylic acids is 1. The van der Waals surface area contributed by atoms with Gasteiger partial charge in [-0.1, -0.05) is 18.2 Å². The van der Waals surface area contributed by atoms with Crippen molar-refractivity contribution in [2.24, 2.45) is 0 Å². The molecule has 0 bridgehead atoms. The zero-order chi connectivity index (χ0) is 13.7. The Morgan fingerprint density at radius 2 is 2.05 bits per heavy atom. The van der Waals surface area contributed by atoms with E-state index in [0.29, 0.717) is 0 Å². The normalized spacial score (nSPS) is 10.5. The van der Waals surface area contributed by atoms with Gasteiger partial charge >= 0.3 is 0 Å². The second kappa shape index (κ2) is 5.92. The number of nitro groups is 1. The standard InChI is InChI=1S/C13H10N2O3S/c16-13(8-7-10-4-3-9-19-10)14-11-5-1-2-6-12(11)15(17)18/h1-9H,(H,14,16)/b8-7+. The molecule has 1 N–H and O–H groups in total. The molecule has 0 fully saturated rings. The Hall–Kier alpha value is -2.47. The predicted molar refractivity (Wildman–Crippen MR) is 75.1 cm³/mol. The minimum Gasteiger partial charge on any atom is -0.317 e. The van der Waals surface area contributed by atoms with E-state index in [1.165, 1.54) is 29.5 Å². The summed E-state index contributed by atoms with van der Waals surface area (Å²) in [6.07, 6.45) is 3.01. The van der Waals surface area contributed by atoms with Crippen molar-refractivity contribution in [3.63, 3.8) is 0 Å². The summed E-state index contributed by atoms with van der Waals surface area (Å²) in [6, 6.07) is 9.78. The van der Waals surface area contributed by atoms with Gasteiger partial charge in [-0.2, -0.15) is 0 Å². The third kappa shape index (κ3) is 3.49. The van der Waals surface area contributed by atoms with Crippen molar-refractivity contribution in [1.82, 2.24) is 0 Å². The SMILES string of the molecule is O=C(/C=C/c1cccs1)Nc1ccccc1[N+](=O)[O-]. The van der Waals surface area contributed by atoms with Gasteiger partial charge in [-0.15, -0.1) is 11.3 Å². The van der Waals surface area contributed by atoms with E-state index in [4.69, 9.17) is 0 Å². The molecule has 0 saturated heterocycles. The summed E-state index contributed by atoms with van der Waals surface area (Å²) in [4.78, 5) is 22.9. The maximum atomic E-state index is 11.7. The second-order valence-corrected chi connectivity index (χ2v) is 4.59. The Kier molecular flexibility index (Phi) is 4.04. The molecule has 0 radical (unpaired) electrons. The lowest BCUT2D eigenvalue weighted by Gasteiger charge is -2.02. The third-order valence-electron chi connectivity index (χ3n) is 2.30. The molecular formula is C13H10N2O3S. The topological polar surface area (TPSA) is 72.2 Å². The van der Waals surface area contributed by atoms with Crippen LogP contribution in [0.1, 0.15) is 4.88 Å². The lowest BCUT2D eigenvalue weighted by Crippen LogP contribution is -2.09. The van der Waals surface area contributed by atoms with Gasteiger partial charge in [0, 0.05) is 17.0 Å². The maximum Gasteiger partial charge on any atom is 0.292 e. The van der Waals surface area contributed by atoms with Crippen LogP contribution in [0.15, 0.2) is 47.9 Å². The predicted octanol–water partition coefficient (Wildman–Crippen LogP) is 3.31. The third-order valence-corrected chi connectivity index (χ3v) is 3.14. The molecule has 0 atom stereocenters. The van der Waals surface area contributed by atoms with Gasteiger partial charge < -0.3 is 5.32 Å². The van der Waals surface area contributed by atoms with Crippen LogP contribution in [0.4, 0.5) is 11.4 Å². The van der Waals surface area contributed by atoms with Crippen LogP contribution in [-0.4, -0.2) is 10.8 Å². The van der Waals surface area contributed by atoms with Crippen LogP contribution in [0.5, 0.6) is 0 Å². The highest BCUT2D eigenvalue weighted by Gasteiger charge is 2.13. The first kappa shape index (κ1) is 13.0. The molecule has 5 nitrogen and oxygen atoms in total. The number of hydrogen-bond donors (Lipinski definition) is 1. The Balaban J connectivity index is 2.09. The number of amides is 1. The Morgan fingerprint density at radius 1 is 1.26 bits per heavy atom. The lowest BCUT2D eigenvalue weighted by atomic mass is 10.2. The molecule has 0 saturated carbocycles. The second-order valence-electron chi connectivity index (χ2n) is 3.61. The van der Waals surface area contributed by atoms with E-state index in [2.05, 4.69) is 5.32 Å². The monoisotopic (exact) mass is 274 g/mol. The van der Waals surface area contributed by atoms with Crippen LogP contribution >= 0.6 is 11.3 Å². The molecule has 0 aliphatic carbocycles. The largest absolute Gasteiger partial charge is 0.317 e. The molecule has 2 aromatic rings. The summed E-state index contributed by atoms with van der Waals surface area (Å²) >= 11 is 1.50. The van der Waals surface area contributed by atoms with Crippen LogP contribution in [0, 0.1) is 10.1 Å². The summed E-state index contributed by atoms with van der Waals surface area (Å²) < 4.78 is 0. The average Bonchev–Trinajstić information content (AvgIpc) is 2.90. The highest BCUT2D eigenvalue weighted by molar-refractivity contribution is 7.10. The number of hydrogen-bond acceptors (Lipinski definition) is 4. The number of nitrogens with one attached hydrogen (secondary N) is 1. The highest BCUT2D eigenvalue weighted by atomic mass is 32.1. The van der Waals surface area contributed by atoms with E-state index < -0.39 is 10.8 Å². The molecule has 0 aliphatic heterocycles. The molecule has 0 aliphatic rings. The number of thiophene rings is 1. The van der Waals surface area contributed by atoms with E-state index in [1.54, 1.807) is 18.2 Å². The van der Waals surface area contributed by atoms with Crippen molar-refractivity contribution in [2.75, 3.05) is 5.32 Å². The molecule has 1 aromatic heterocycles. The van der Waals surface area contributed by atoms with Gasteiger partial charge in [0.25, 0.3) is 5.69 Å². The van der Waals surface area contributed by atoms with E-state index in [1.807, 2.05) is 17.5 Å². The first-order valence-electron chi connectivity index (χ1n) is 5.43. The van der Waals surface area contributed by atoms with Crippen molar-refractivity contribution in [2.45, 2.75) is 0 Å². The lowest BCUT2D eigenvalue weighted by molar-refractivity contribution is -0.383. The first-order valence-corrected chi connectivity index (χ1v) is 6.31. The summed E-state index contributed by atoms with van der Waals surface area (Å²) in [5, 5.41) is 15.2. The van der Waals surface area contributed by atoms with Crippen molar-refractivity contribution in [3.05, 3.63) is 62.8 Å². The molecule has 1 aromatic carbocycles. The fraction of sp³-hybridized carbons (Fsp3) is 0. The highest BCUT2D eigenvalue weighted by Crippen LogP contribution is 2.23. The summed E-state index contributed by atoms with van der Waals surface area (Å²) in [5.41, 5.74) is 0.0636. The van der Waals surface area contributed by atoms with Gasteiger partial charge in [0.2, 0.25) is 5.91 Å². The quantitative estimate of drug-likeness (QED) is 0.528. The number of para-hydroxylation sites is 2. The summed E-state index contributed by atoms with van der Waals surface area (Å²) in [6.45, 7) is 0. The van der Waals surface area contributed by atoms with Crippen LogP contribution < -0.4 is 5.32 Å². The van der Waals surface area contributed by atoms with E-state index >= 15 is 0 Å². The number of carbonyl (C=O) groups is 1. The fourth-order valence-electron chi connectivity index (χ4n) is 1.46. The van der Waals surface area contributed by atoms with Gasteiger partial charge in [0.05, 0.1) is 4.92 Å². The molecule has 19 heavy (non-hydrogen) atoms. The van der Waals surface area contributed by atoms with Crippen molar-refractivity contribution in [1.29, 1.82) is 0 Å². The Morgan fingerprint density at radius 3 is 2.74 bits per heavy atom. The zero-order valence-corrected chi connectivity index (χ0v) is 10.6. The summed E-state index contributed by atoms with van der Waals surface area (Å²) in [5.74, 6) is -0.400. The van der Waals surface area contributed by atoms with Gasteiger partial charge in [0.15, 0.2) is 0 Å². The number of benzene rings is 1. The zero-order valence-electron chi connectivity index (χ0n) is 9.78. The van der Waals surface area contributed by atoms with Gasteiger partial charge in [-0.25, -0.2) is 0 Å². The molecule has 0 unspecified atom stereocenters. The molecule has 6 heteroatoms. The minimum atomic E-state index is -0.529. The first-order chi connectivity index (χ1) is 9.16. The van der Waals surface area contributed by atoms with Crippen molar-refractivity contribution < 1.29 is 9.72 Å². The van der Waals surface area contributed by atoms with Crippen LogP contribution in [0.25, 0.3) is 6.08 Å². The van der Waals surface area contributed by atoms with E-state index in [9.17, 15) is 14.9 Å². The number of nitro benzene ring substituents is 1. The molecule has 1 amide bonds. The average molecular weight is 274 g/mol. The maximum absolute atomic E-state index is 11.7. The van der Waals surface area contributed by atoms with E-state index in [-0.39, 0.29) is 11.4 Å². The molecular weight excluding hydrogens is 264 g/mol. The fourth-order valence-corrected chi connectivity index (χ4v) is 2.07. The number of rotatable bonds is 4. The van der Waals surface area contributed by atoms with E-state index in [0.717, 1.165) is 4.88 Å². The Labute approximate surface area is 113 Å². The molecule has 2 rings (SSSR count). The Bertz CT molecular complexity index is 621. The van der Waals surface area contributed by atoms with Gasteiger partial charge in [-0.05, 0) is 23.6 Å².